The zero-order valence-corrected chi connectivity index (χ0v) is 14.7. The average molecular weight is 334 g/mol. The zero-order valence-electron chi connectivity index (χ0n) is 14.7. The first kappa shape index (κ1) is 16.8. The molecule has 0 saturated heterocycles. The molecule has 0 saturated carbocycles. The Morgan fingerprint density at radius 2 is 1.44 bits per heavy atom. The van der Waals surface area contributed by atoms with Crippen molar-refractivity contribution in [2.45, 2.75) is 13.0 Å². The van der Waals surface area contributed by atoms with Crippen LogP contribution in [0.3, 0.4) is 0 Å². The quantitative estimate of drug-likeness (QED) is 0.715. The molecule has 0 amide bonds. The van der Waals surface area contributed by atoms with Gasteiger partial charge in [-0.1, -0.05) is 24.3 Å². The normalized spacial score (nSPS) is 10.6. The van der Waals surface area contributed by atoms with Crippen molar-refractivity contribution in [1.82, 2.24) is 4.98 Å². The molecule has 4 nitrogen and oxygen atoms in total. The molecule has 4 heteroatoms. The number of aromatic nitrogens is 1. The van der Waals surface area contributed by atoms with Gasteiger partial charge < -0.3 is 14.8 Å². The molecule has 0 fully saturated rings. The van der Waals surface area contributed by atoms with E-state index in [-0.39, 0.29) is 6.04 Å². The molecule has 128 valence electrons. The van der Waals surface area contributed by atoms with Crippen molar-refractivity contribution < 1.29 is 9.47 Å². The summed E-state index contributed by atoms with van der Waals surface area (Å²) in [4.78, 5) is 4.27. The molecular weight excluding hydrogens is 312 g/mol. The van der Waals surface area contributed by atoms with Crippen LogP contribution in [0.5, 0.6) is 11.5 Å². The van der Waals surface area contributed by atoms with Gasteiger partial charge in [-0.25, -0.2) is 0 Å². The molecule has 0 radical (unpaired) electrons. The van der Waals surface area contributed by atoms with Gasteiger partial charge >= 0.3 is 0 Å². The number of aryl methyl sites for hydroxylation is 1. The standard InChI is InChI=1S/C21H22N2O2/c1-15-12-18(10-11-22-15)23-21(16-6-4-8-19(13-16)24-2)17-7-5-9-20(14-17)25-3/h4-14,21H,1-3H3,(H,22,23). The van der Waals surface area contributed by atoms with Crippen LogP contribution in [0.15, 0.2) is 66.9 Å². The van der Waals surface area contributed by atoms with Gasteiger partial charge in [0.1, 0.15) is 11.5 Å². The Labute approximate surface area is 148 Å². The minimum atomic E-state index is -0.0352. The van der Waals surface area contributed by atoms with Crippen LogP contribution in [0, 0.1) is 6.92 Å². The molecule has 1 heterocycles. The van der Waals surface area contributed by atoms with Crippen molar-refractivity contribution in [1.29, 1.82) is 0 Å². The predicted octanol–water partition coefficient (Wildman–Crippen LogP) is 4.61. The van der Waals surface area contributed by atoms with Crippen molar-refractivity contribution >= 4 is 5.69 Å². The van der Waals surface area contributed by atoms with E-state index in [2.05, 4.69) is 22.4 Å². The summed E-state index contributed by atoms with van der Waals surface area (Å²) in [6.07, 6.45) is 1.81. The van der Waals surface area contributed by atoms with Crippen LogP contribution < -0.4 is 14.8 Å². The Hall–Kier alpha value is -3.01. The van der Waals surface area contributed by atoms with Crippen molar-refractivity contribution in [2.75, 3.05) is 19.5 Å². The number of methoxy groups -OCH3 is 2. The van der Waals surface area contributed by atoms with Gasteiger partial charge in [-0.05, 0) is 54.4 Å². The van der Waals surface area contributed by atoms with E-state index >= 15 is 0 Å². The number of benzene rings is 2. The van der Waals surface area contributed by atoms with Gasteiger partial charge in [0, 0.05) is 17.6 Å². The first-order valence-corrected chi connectivity index (χ1v) is 8.16. The molecule has 3 aromatic rings. The number of nitrogens with one attached hydrogen (secondary N) is 1. The minimum Gasteiger partial charge on any atom is -0.497 e. The highest BCUT2D eigenvalue weighted by Gasteiger charge is 2.16. The monoisotopic (exact) mass is 334 g/mol. The first-order chi connectivity index (χ1) is 12.2. The molecule has 0 aliphatic carbocycles. The molecule has 0 spiro atoms. The van der Waals surface area contributed by atoms with Gasteiger partial charge in [-0.3, -0.25) is 4.98 Å². The SMILES string of the molecule is COc1cccc(C(Nc2ccnc(C)c2)c2cccc(OC)c2)c1. The fraction of sp³-hybridized carbons (Fsp3) is 0.190. The zero-order chi connectivity index (χ0) is 17.6. The van der Waals surface area contributed by atoms with Crippen LogP contribution in [0.4, 0.5) is 5.69 Å². The third-order valence-corrected chi connectivity index (χ3v) is 4.06. The van der Waals surface area contributed by atoms with E-state index < -0.39 is 0 Å². The fourth-order valence-electron chi connectivity index (χ4n) is 2.80. The van der Waals surface area contributed by atoms with E-state index in [9.17, 15) is 0 Å². The number of pyridine rings is 1. The maximum Gasteiger partial charge on any atom is 0.119 e. The van der Waals surface area contributed by atoms with Crippen molar-refractivity contribution in [3.05, 3.63) is 83.7 Å². The summed E-state index contributed by atoms with van der Waals surface area (Å²) < 4.78 is 10.8. The second-order valence-corrected chi connectivity index (χ2v) is 5.82. The lowest BCUT2D eigenvalue weighted by molar-refractivity contribution is 0.413. The fourth-order valence-corrected chi connectivity index (χ4v) is 2.80. The molecule has 0 bridgehead atoms. The van der Waals surface area contributed by atoms with Gasteiger partial charge in [0.05, 0.1) is 20.3 Å². The van der Waals surface area contributed by atoms with Crippen LogP contribution in [0.1, 0.15) is 22.9 Å². The van der Waals surface area contributed by atoms with E-state index in [0.717, 1.165) is 34.0 Å². The highest BCUT2D eigenvalue weighted by molar-refractivity contribution is 5.51. The smallest absolute Gasteiger partial charge is 0.119 e. The van der Waals surface area contributed by atoms with Gasteiger partial charge in [0.15, 0.2) is 0 Å². The average Bonchev–Trinajstić information content (AvgIpc) is 2.66. The molecule has 1 N–H and O–H groups in total. The largest absolute Gasteiger partial charge is 0.497 e. The van der Waals surface area contributed by atoms with E-state index in [4.69, 9.17) is 9.47 Å². The van der Waals surface area contributed by atoms with E-state index in [1.54, 1.807) is 14.2 Å². The van der Waals surface area contributed by atoms with Gasteiger partial charge in [0.2, 0.25) is 0 Å². The summed E-state index contributed by atoms with van der Waals surface area (Å²) in [6.45, 7) is 1.98. The van der Waals surface area contributed by atoms with Gasteiger partial charge in [-0.15, -0.1) is 0 Å². The van der Waals surface area contributed by atoms with Crippen LogP contribution in [-0.4, -0.2) is 19.2 Å². The summed E-state index contributed by atoms with van der Waals surface area (Å²) >= 11 is 0. The summed E-state index contributed by atoms with van der Waals surface area (Å²) in [7, 11) is 3.36. The highest BCUT2D eigenvalue weighted by atomic mass is 16.5. The van der Waals surface area contributed by atoms with Crippen LogP contribution in [-0.2, 0) is 0 Å². The molecule has 3 rings (SSSR count). The number of anilines is 1. The third kappa shape index (κ3) is 4.10. The molecule has 0 aliphatic heterocycles. The van der Waals surface area contributed by atoms with Crippen molar-refractivity contribution in [2.24, 2.45) is 0 Å². The molecule has 25 heavy (non-hydrogen) atoms. The number of ether oxygens (including phenoxy) is 2. The van der Waals surface area contributed by atoms with E-state index in [1.807, 2.05) is 61.7 Å². The Morgan fingerprint density at radius 1 is 0.840 bits per heavy atom. The Morgan fingerprint density at radius 3 is 1.96 bits per heavy atom. The lowest BCUT2D eigenvalue weighted by Crippen LogP contribution is -2.13. The highest BCUT2D eigenvalue weighted by Crippen LogP contribution is 2.30. The summed E-state index contributed by atoms with van der Waals surface area (Å²) in [5, 5.41) is 3.60. The summed E-state index contributed by atoms with van der Waals surface area (Å²) in [6, 6.07) is 20.1. The molecule has 0 atom stereocenters. The molecule has 0 aliphatic rings. The summed E-state index contributed by atoms with van der Waals surface area (Å²) in [5.41, 5.74) is 4.22. The minimum absolute atomic E-state index is 0.0352. The number of hydrogen-bond donors (Lipinski definition) is 1. The lowest BCUT2D eigenvalue weighted by atomic mass is 9.97. The van der Waals surface area contributed by atoms with Gasteiger partial charge in [0.25, 0.3) is 0 Å². The lowest BCUT2D eigenvalue weighted by Gasteiger charge is -2.22. The maximum absolute atomic E-state index is 5.39. The van der Waals surface area contributed by atoms with Crippen molar-refractivity contribution in [3.63, 3.8) is 0 Å². The second-order valence-electron chi connectivity index (χ2n) is 5.82. The second kappa shape index (κ2) is 7.71. The third-order valence-electron chi connectivity index (χ3n) is 4.06. The Balaban J connectivity index is 2.03. The molecule has 0 unspecified atom stereocenters. The summed E-state index contributed by atoms with van der Waals surface area (Å²) in [5.74, 6) is 1.66. The number of nitrogens with zero attached hydrogens (tertiary/aromatic N) is 1. The number of hydrogen-bond acceptors (Lipinski definition) is 4. The Bertz CT molecular complexity index is 801. The first-order valence-electron chi connectivity index (χ1n) is 8.16. The number of rotatable bonds is 6. The van der Waals surface area contributed by atoms with Crippen molar-refractivity contribution in [3.8, 4) is 11.5 Å². The molecule has 2 aromatic carbocycles. The maximum atomic E-state index is 5.39. The van der Waals surface area contributed by atoms with E-state index in [0.29, 0.717) is 0 Å². The van der Waals surface area contributed by atoms with Crippen LogP contribution in [0.25, 0.3) is 0 Å². The van der Waals surface area contributed by atoms with Crippen LogP contribution in [0.2, 0.25) is 0 Å². The Kier molecular flexibility index (Phi) is 5.19. The predicted molar refractivity (Wildman–Crippen MR) is 100 cm³/mol. The topological polar surface area (TPSA) is 43.4 Å². The van der Waals surface area contributed by atoms with Crippen LogP contribution >= 0.6 is 0 Å². The van der Waals surface area contributed by atoms with E-state index in [1.165, 1.54) is 0 Å². The van der Waals surface area contributed by atoms with Gasteiger partial charge in [-0.2, -0.15) is 0 Å². The molecular formula is C21H22N2O2. The molecule has 1 aromatic heterocycles.